The SMILES string of the molecule is C[Si](C)(CCCOCCO)O[Si](C)(C)O[Si](C)(C)O[Si](C)(C)O[Si](C)(C)O[Si](C)(C)O[Si](C)(C)O[Si](C)(C)O[Si](C)(C)O[Si](C)(C)O[Si](C)(C)CCCOCCO. The van der Waals surface area contributed by atoms with E-state index in [1.165, 1.54) is 0 Å². The van der Waals surface area contributed by atoms with Crippen LogP contribution in [0.2, 0.25) is 156 Å². The third-order valence-electron chi connectivity index (χ3n) is 7.58. The Kier molecular flexibility index (Phi) is 23.9. The van der Waals surface area contributed by atoms with Gasteiger partial charge in [-0.3, -0.25) is 0 Å². The van der Waals surface area contributed by atoms with E-state index in [9.17, 15) is 0 Å². The van der Waals surface area contributed by atoms with E-state index in [1.807, 2.05) is 0 Å². The second-order valence-electron chi connectivity index (χ2n) is 20.0. The van der Waals surface area contributed by atoms with E-state index < -0.39 is 93.7 Å². The van der Waals surface area contributed by atoms with E-state index >= 15 is 0 Å². The fourth-order valence-corrected chi connectivity index (χ4v) is 64.1. The molecule has 0 unspecified atom stereocenters. The van der Waals surface area contributed by atoms with Gasteiger partial charge in [-0.1, -0.05) is 0 Å². The molecule has 0 atom stereocenters. The fraction of sp³-hybridized carbons (Fsp3) is 1.00. The summed E-state index contributed by atoms with van der Waals surface area (Å²) in [6, 6.07) is 1.91. The first-order valence-electron chi connectivity index (χ1n) is 20.6. The standard InChI is InChI=1S/C32H88O14Si11/c1-47(2,31-23-27-35-29-25-33)37-49(5,6)39-51(9,10)41-53(13,14)43-55(17,18)45-57(21,22)46-56(19,20)44-54(15,16)42-52(11,12)40-50(7,8)38-48(3,4)32-24-28-36-30-26-34/h33-34H,23-32H2,1-22H3. The molecule has 0 fully saturated rings. The van der Waals surface area contributed by atoms with Gasteiger partial charge in [0.25, 0.3) is 0 Å². The van der Waals surface area contributed by atoms with Gasteiger partial charge >= 0.3 is 77.0 Å². The Hall–Kier alpha value is 1.83. The second kappa shape index (κ2) is 23.1. The maximum Gasteiger partial charge on any atom is 0.314 e. The maximum absolute atomic E-state index is 8.96. The highest BCUT2D eigenvalue weighted by molar-refractivity contribution is 6.93. The number of hydrogen-bond donors (Lipinski definition) is 2. The Balaban J connectivity index is 5.44. The van der Waals surface area contributed by atoms with Crippen molar-refractivity contribution >= 4 is 93.7 Å². The van der Waals surface area contributed by atoms with E-state index in [4.69, 9.17) is 60.8 Å². The number of rotatable bonds is 32. The summed E-state index contributed by atoms with van der Waals surface area (Å²) in [6.45, 7) is 48.3. The van der Waals surface area contributed by atoms with Crippen molar-refractivity contribution < 1.29 is 60.8 Å². The molecule has 0 spiro atoms. The molecule has 0 aliphatic rings. The predicted molar refractivity (Wildman–Crippen MR) is 258 cm³/mol. The minimum atomic E-state index is -2.75. The number of aliphatic hydroxyl groups excluding tert-OH is 2. The van der Waals surface area contributed by atoms with Gasteiger partial charge in [0.1, 0.15) is 0 Å². The number of hydrogen-bond acceptors (Lipinski definition) is 14. The van der Waals surface area contributed by atoms with E-state index in [0.717, 1.165) is 24.9 Å². The number of ether oxygens (including phenoxy) is 2. The number of aliphatic hydroxyl groups is 2. The zero-order valence-electron chi connectivity index (χ0n) is 40.4. The quantitative estimate of drug-likeness (QED) is 0.0489. The summed E-state index contributed by atoms with van der Waals surface area (Å²) in [5.41, 5.74) is 0. The maximum atomic E-state index is 8.96. The van der Waals surface area contributed by atoms with Gasteiger partial charge in [-0.15, -0.1) is 0 Å². The van der Waals surface area contributed by atoms with Gasteiger partial charge in [0.15, 0.2) is 16.6 Å². The van der Waals surface area contributed by atoms with Crippen LogP contribution in [0.25, 0.3) is 0 Å². The lowest BCUT2D eigenvalue weighted by Crippen LogP contribution is -2.62. The molecule has 344 valence electrons. The van der Waals surface area contributed by atoms with Crippen molar-refractivity contribution in [3.8, 4) is 0 Å². The van der Waals surface area contributed by atoms with Gasteiger partial charge in [-0.05, 0) is 169 Å². The second-order valence-corrected chi connectivity index (χ2v) is 61.4. The molecule has 0 heterocycles. The van der Waals surface area contributed by atoms with E-state index in [1.54, 1.807) is 0 Å². The van der Waals surface area contributed by atoms with E-state index in [0.29, 0.717) is 26.4 Å². The van der Waals surface area contributed by atoms with Crippen LogP contribution in [0.3, 0.4) is 0 Å². The smallest absolute Gasteiger partial charge is 0.314 e. The summed E-state index contributed by atoms with van der Waals surface area (Å²) < 4.78 is 78.8. The highest BCUT2D eigenvalue weighted by Gasteiger charge is 2.51. The lowest BCUT2D eigenvalue weighted by molar-refractivity contribution is 0.0923. The monoisotopic (exact) mass is 1000 g/mol. The van der Waals surface area contributed by atoms with Gasteiger partial charge in [-0.2, -0.15) is 0 Å². The third-order valence-corrected chi connectivity index (χ3v) is 50.5. The van der Waals surface area contributed by atoms with E-state index in [2.05, 4.69) is 144 Å². The molecule has 14 nitrogen and oxygen atoms in total. The lowest BCUT2D eigenvalue weighted by atomic mass is 10.5. The Bertz CT molecular complexity index is 1090. The summed E-state index contributed by atoms with van der Waals surface area (Å²) in [5.74, 6) is 0. The first kappa shape index (κ1) is 58.8. The lowest BCUT2D eigenvalue weighted by Gasteiger charge is -2.45. The predicted octanol–water partition coefficient (Wildman–Crippen LogP) is 8.68. The normalized spacial score (nSPS) is 15.2. The summed E-state index contributed by atoms with van der Waals surface area (Å²) in [5, 5.41) is 17.9. The van der Waals surface area contributed by atoms with Crippen LogP contribution in [-0.4, -0.2) is 144 Å². The molecule has 0 aromatic carbocycles. The average molecular weight is 1010 g/mol. The highest BCUT2D eigenvalue weighted by atomic mass is 28.5. The largest absolute Gasteiger partial charge is 0.436 e. The van der Waals surface area contributed by atoms with Crippen LogP contribution in [0, 0.1) is 0 Å². The molecule has 0 rings (SSSR count). The fourth-order valence-electron chi connectivity index (χ4n) is 7.89. The zero-order valence-corrected chi connectivity index (χ0v) is 51.4. The molecule has 0 bridgehead atoms. The molecule has 0 amide bonds. The van der Waals surface area contributed by atoms with Crippen LogP contribution >= 0.6 is 0 Å². The molecular weight excluding hydrogens is 917 g/mol. The zero-order chi connectivity index (χ0) is 45.1. The molecule has 0 radical (unpaired) electrons. The van der Waals surface area contributed by atoms with Crippen LogP contribution in [0.5, 0.6) is 0 Å². The molecule has 0 aromatic rings. The highest BCUT2D eigenvalue weighted by Crippen LogP contribution is 2.32. The molecular formula is C32H88O14Si11. The Labute approximate surface area is 361 Å². The first-order chi connectivity index (χ1) is 25.2. The minimum absolute atomic E-state index is 0.0403. The molecule has 25 heteroatoms. The van der Waals surface area contributed by atoms with Crippen LogP contribution < -0.4 is 0 Å². The summed E-state index contributed by atoms with van der Waals surface area (Å²) in [6.07, 6.45) is 1.79. The van der Waals surface area contributed by atoms with Gasteiger partial charge in [0, 0.05) is 13.2 Å². The summed E-state index contributed by atoms with van der Waals surface area (Å²) in [4.78, 5) is 0. The molecule has 57 heavy (non-hydrogen) atoms. The van der Waals surface area contributed by atoms with E-state index in [-0.39, 0.29) is 13.2 Å². The van der Waals surface area contributed by atoms with Crippen molar-refractivity contribution in [2.75, 3.05) is 39.6 Å². The molecule has 0 aliphatic carbocycles. The van der Waals surface area contributed by atoms with Crippen molar-refractivity contribution in [1.82, 2.24) is 0 Å². The van der Waals surface area contributed by atoms with Gasteiger partial charge in [0.05, 0.1) is 26.4 Å². The van der Waals surface area contributed by atoms with Crippen molar-refractivity contribution in [3.63, 3.8) is 0 Å². The molecule has 0 aromatic heterocycles. The van der Waals surface area contributed by atoms with Gasteiger partial charge < -0.3 is 60.8 Å². The molecule has 0 saturated carbocycles. The van der Waals surface area contributed by atoms with Gasteiger partial charge in [0.2, 0.25) is 0 Å². The topological polar surface area (TPSA) is 151 Å². The van der Waals surface area contributed by atoms with Gasteiger partial charge in [-0.25, -0.2) is 0 Å². The summed E-state index contributed by atoms with van der Waals surface area (Å²) in [7, 11) is -28.0. The van der Waals surface area contributed by atoms with Crippen LogP contribution in [-0.2, 0) is 50.6 Å². The van der Waals surface area contributed by atoms with Crippen LogP contribution in [0.1, 0.15) is 12.8 Å². The first-order valence-corrected chi connectivity index (χ1v) is 52.2. The Morgan fingerprint density at radius 3 is 0.614 bits per heavy atom. The van der Waals surface area contributed by atoms with Crippen molar-refractivity contribution in [2.24, 2.45) is 0 Å². The molecule has 0 saturated heterocycles. The Morgan fingerprint density at radius 2 is 0.439 bits per heavy atom. The molecule has 2 N–H and O–H groups in total. The average Bonchev–Trinajstić information content (AvgIpc) is 2.85. The van der Waals surface area contributed by atoms with Crippen LogP contribution in [0.4, 0.5) is 0 Å². The summed E-state index contributed by atoms with van der Waals surface area (Å²) >= 11 is 0. The van der Waals surface area contributed by atoms with Crippen molar-refractivity contribution in [2.45, 2.75) is 169 Å². The van der Waals surface area contributed by atoms with Crippen molar-refractivity contribution in [3.05, 3.63) is 0 Å². The van der Waals surface area contributed by atoms with Crippen molar-refractivity contribution in [1.29, 1.82) is 0 Å². The minimum Gasteiger partial charge on any atom is -0.436 e. The molecule has 0 aliphatic heterocycles. The third kappa shape index (κ3) is 29.8. The van der Waals surface area contributed by atoms with Crippen LogP contribution in [0.15, 0.2) is 0 Å². The Morgan fingerprint density at radius 1 is 0.263 bits per heavy atom.